The largest absolute Gasteiger partial charge is 0.328 e. The van der Waals surface area contributed by atoms with E-state index in [1.165, 1.54) is 0 Å². The molecule has 1 aliphatic carbocycles. The molecule has 17 heavy (non-hydrogen) atoms. The van der Waals surface area contributed by atoms with Crippen LogP contribution in [0.4, 0.5) is 4.79 Å². The summed E-state index contributed by atoms with van der Waals surface area (Å²) in [5.74, 6) is -1.27. The standard InChI is InChI=1S/C12H14N2O3/c1-2-7-12(8-5-3-4-6-8)9(15)13-11(17)14-10(12)16/h2-3,5,7-8H,4,6H2,1H3,(H2,13,14,15,16,17)/b7-2-. The molecule has 0 spiro atoms. The zero-order chi connectivity index (χ0) is 12.5. The van der Waals surface area contributed by atoms with Crippen molar-refractivity contribution in [2.45, 2.75) is 19.8 Å². The number of rotatable bonds is 2. The molecule has 1 fully saturated rings. The molecule has 1 aliphatic heterocycles. The van der Waals surface area contributed by atoms with Crippen molar-refractivity contribution < 1.29 is 14.4 Å². The van der Waals surface area contributed by atoms with Gasteiger partial charge >= 0.3 is 6.03 Å². The fourth-order valence-corrected chi connectivity index (χ4v) is 2.43. The number of hydrogen-bond donors (Lipinski definition) is 2. The van der Waals surface area contributed by atoms with Gasteiger partial charge in [0.05, 0.1) is 0 Å². The van der Waals surface area contributed by atoms with Gasteiger partial charge in [-0.25, -0.2) is 4.79 Å². The average Bonchev–Trinajstić information content (AvgIpc) is 2.77. The molecule has 90 valence electrons. The van der Waals surface area contributed by atoms with Crippen molar-refractivity contribution in [3.63, 3.8) is 0 Å². The van der Waals surface area contributed by atoms with E-state index in [9.17, 15) is 14.4 Å². The van der Waals surface area contributed by atoms with Crippen LogP contribution in [0, 0.1) is 11.3 Å². The zero-order valence-electron chi connectivity index (χ0n) is 9.53. The number of amides is 4. The summed E-state index contributed by atoms with van der Waals surface area (Å²) in [4.78, 5) is 35.2. The van der Waals surface area contributed by atoms with Crippen LogP contribution in [0.15, 0.2) is 24.3 Å². The minimum absolute atomic E-state index is 0.188. The lowest BCUT2D eigenvalue weighted by atomic mass is 9.72. The molecule has 1 heterocycles. The summed E-state index contributed by atoms with van der Waals surface area (Å²) in [7, 11) is 0. The van der Waals surface area contributed by atoms with E-state index in [4.69, 9.17) is 0 Å². The average molecular weight is 234 g/mol. The quantitative estimate of drug-likeness (QED) is 0.550. The Balaban J connectivity index is 2.45. The summed E-state index contributed by atoms with van der Waals surface area (Å²) >= 11 is 0. The fraction of sp³-hybridized carbons (Fsp3) is 0.417. The number of barbiturate groups is 1. The second-order valence-corrected chi connectivity index (χ2v) is 4.22. The monoisotopic (exact) mass is 234 g/mol. The third-order valence-electron chi connectivity index (χ3n) is 3.23. The number of carbonyl (C=O) groups is 3. The van der Waals surface area contributed by atoms with Crippen LogP contribution in [0.2, 0.25) is 0 Å². The van der Waals surface area contributed by atoms with Gasteiger partial charge in [-0.05, 0) is 19.8 Å². The first kappa shape index (κ1) is 11.6. The molecule has 0 bridgehead atoms. The van der Waals surface area contributed by atoms with E-state index in [1.54, 1.807) is 19.1 Å². The molecule has 1 saturated heterocycles. The number of nitrogens with one attached hydrogen (secondary N) is 2. The molecule has 2 N–H and O–H groups in total. The van der Waals surface area contributed by atoms with Gasteiger partial charge in [0.15, 0.2) is 5.41 Å². The van der Waals surface area contributed by atoms with Crippen LogP contribution in [0.5, 0.6) is 0 Å². The second kappa shape index (κ2) is 4.16. The molecule has 0 saturated carbocycles. The van der Waals surface area contributed by atoms with E-state index >= 15 is 0 Å². The number of carbonyl (C=O) groups excluding carboxylic acids is 3. The smallest absolute Gasteiger partial charge is 0.277 e. The minimum atomic E-state index is -1.28. The first-order valence-electron chi connectivity index (χ1n) is 5.58. The second-order valence-electron chi connectivity index (χ2n) is 4.22. The number of imide groups is 2. The molecule has 2 rings (SSSR count). The Labute approximate surface area is 98.9 Å². The van der Waals surface area contributed by atoms with Crippen molar-refractivity contribution in [3.8, 4) is 0 Å². The topological polar surface area (TPSA) is 75.3 Å². The van der Waals surface area contributed by atoms with Crippen LogP contribution < -0.4 is 10.6 Å². The molecule has 5 heteroatoms. The predicted molar refractivity (Wildman–Crippen MR) is 60.8 cm³/mol. The van der Waals surface area contributed by atoms with Gasteiger partial charge in [0.2, 0.25) is 11.8 Å². The Morgan fingerprint density at radius 2 is 1.94 bits per heavy atom. The van der Waals surface area contributed by atoms with E-state index in [1.807, 2.05) is 12.2 Å². The van der Waals surface area contributed by atoms with Crippen molar-refractivity contribution in [3.05, 3.63) is 24.3 Å². The summed E-state index contributed by atoms with van der Waals surface area (Å²) in [6.07, 6.45) is 8.64. The van der Waals surface area contributed by atoms with Gasteiger partial charge in [0.1, 0.15) is 0 Å². The third kappa shape index (κ3) is 1.67. The molecule has 0 aromatic carbocycles. The molecule has 4 amide bonds. The number of urea groups is 1. The van der Waals surface area contributed by atoms with Crippen molar-refractivity contribution in [1.29, 1.82) is 0 Å². The Bertz CT molecular complexity index is 417. The molecule has 1 unspecified atom stereocenters. The number of allylic oxidation sites excluding steroid dienone is 3. The molecule has 0 radical (unpaired) electrons. The van der Waals surface area contributed by atoms with E-state index in [2.05, 4.69) is 10.6 Å². The third-order valence-corrected chi connectivity index (χ3v) is 3.23. The molecule has 0 aromatic heterocycles. The molecule has 0 aromatic rings. The lowest BCUT2D eigenvalue weighted by molar-refractivity contribution is -0.143. The minimum Gasteiger partial charge on any atom is -0.277 e. The lowest BCUT2D eigenvalue weighted by Gasteiger charge is -2.35. The number of hydrogen-bond acceptors (Lipinski definition) is 3. The van der Waals surface area contributed by atoms with Gasteiger partial charge in [-0.2, -0.15) is 0 Å². The van der Waals surface area contributed by atoms with E-state index in [0.29, 0.717) is 0 Å². The van der Waals surface area contributed by atoms with Crippen LogP contribution in [-0.2, 0) is 9.59 Å². The van der Waals surface area contributed by atoms with Crippen LogP contribution in [0.1, 0.15) is 19.8 Å². The Morgan fingerprint density at radius 3 is 2.41 bits per heavy atom. The lowest BCUT2D eigenvalue weighted by Crippen LogP contribution is -2.63. The van der Waals surface area contributed by atoms with Gasteiger partial charge in [-0.15, -0.1) is 0 Å². The predicted octanol–water partition coefficient (Wildman–Crippen LogP) is 0.881. The summed E-state index contributed by atoms with van der Waals surface area (Å²) in [5, 5.41) is 4.33. The first-order chi connectivity index (χ1) is 8.11. The molecule has 2 aliphatic rings. The van der Waals surface area contributed by atoms with Crippen LogP contribution in [0.25, 0.3) is 0 Å². The van der Waals surface area contributed by atoms with Crippen LogP contribution in [-0.4, -0.2) is 17.8 Å². The van der Waals surface area contributed by atoms with Crippen molar-refractivity contribution in [2.75, 3.05) is 0 Å². The highest BCUT2D eigenvalue weighted by atomic mass is 16.2. The van der Waals surface area contributed by atoms with Crippen LogP contribution in [0.3, 0.4) is 0 Å². The highest BCUT2D eigenvalue weighted by Crippen LogP contribution is 2.39. The summed E-state index contributed by atoms with van der Waals surface area (Å²) in [6, 6.07) is -0.748. The molecule has 1 atom stereocenters. The normalized spacial score (nSPS) is 27.4. The van der Waals surface area contributed by atoms with Crippen molar-refractivity contribution >= 4 is 17.8 Å². The summed E-state index contributed by atoms with van der Waals surface area (Å²) in [5.41, 5.74) is -1.28. The maximum Gasteiger partial charge on any atom is 0.328 e. The van der Waals surface area contributed by atoms with Gasteiger partial charge in [-0.3, -0.25) is 20.2 Å². The van der Waals surface area contributed by atoms with Crippen LogP contribution >= 0.6 is 0 Å². The van der Waals surface area contributed by atoms with Gasteiger partial charge in [0.25, 0.3) is 0 Å². The van der Waals surface area contributed by atoms with E-state index < -0.39 is 23.3 Å². The summed E-state index contributed by atoms with van der Waals surface area (Å²) < 4.78 is 0. The Hall–Kier alpha value is -1.91. The maximum absolute atomic E-state index is 12.0. The molecule has 5 nitrogen and oxygen atoms in total. The van der Waals surface area contributed by atoms with Gasteiger partial charge in [0, 0.05) is 5.92 Å². The van der Waals surface area contributed by atoms with E-state index in [0.717, 1.165) is 12.8 Å². The van der Waals surface area contributed by atoms with E-state index in [-0.39, 0.29) is 5.92 Å². The highest BCUT2D eigenvalue weighted by Gasteiger charge is 2.53. The first-order valence-corrected chi connectivity index (χ1v) is 5.58. The Kier molecular flexibility index (Phi) is 2.83. The zero-order valence-corrected chi connectivity index (χ0v) is 9.53. The van der Waals surface area contributed by atoms with Crippen molar-refractivity contribution in [1.82, 2.24) is 10.6 Å². The van der Waals surface area contributed by atoms with Gasteiger partial charge in [-0.1, -0.05) is 24.3 Å². The molecular weight excluding hydrogens is 220 g/mol. The van der Waals surface area contributed by atoms with Crippen molar-refractivity contribution in [2.24, 2.45) is 11.3 Å². The Morgan fingerprint density at radius 1 is 1.29 bits per heavy atom. The highest BCUT2D eigenvalue weighted by molar-refractivity contribution is 6.20. The van der Waals surface area contributed by atoms with Gasteiger partial charge < -0.3 is 0 Å². The summed E-state index contributed by atoms with van der Waals surface area (Å²) in [6.45, 7) is 1.75. The maximum atomic E-state index is 12.0. The fourth-order valence-electron chi connectivity index (χ4n) is 2.43. The SMILES string of the molecule is C/C=C\C1(C2C=CCC2)C(=O)NC(=O)NC1=O. The molecular formula is C12H14N2O3.